The summed E-state index contributed by atoms with van der Waals surface area (Å²) in [5.74, 6) is 0. The fourth-order valence-electron chi connectivity index (χ4n) is 2.16. The molecule has 0 heterocycles. The van der Waals surface area contributed by atoms with E-state index < -0.39 is 0 Å². The molecule has 0 fully saturated rings. The van der Waals surface area contributed by atoms with Crippen LogP contribution in [0.2, 0.25) is 13.1 Å². The minimum Gasteiger partial charge on any atom is -0.269 e. The molecule has 0 spiro atoms. The van der Waals surface area contributed by atoms with Crippen molar-refractivity contribution in [1.82, 2.24) is 0 Å². The van der Waals surface area contributed by atoms with Crippen LogP contribution >= 0.6 is 0 Å². The van der Waals surface area contributed by atoms with Crippen molar-refractivity contribution in [1.29, 1.82) is 0 Å². The van der Waals surface area contributed by atoms with Crippen molar-refractivity contribution < 1.29 is 26.2 Å². The third-order valence-electron chi connectivity index (χ3n) is 3.82. The fraction of sp³-hybridized carbons (Fsp3) is 0.636. The molecular weight excluding hydrogens is 384 g/mol. The van der Waals surface area contributed by atoms with E-state index in [1.165, 1.54) is 22.3 Å². The van der Waals surface area contributed by atoms with Crippen molar-refractivity contribution in [2.24, 2.45) is 10.8 Å². The second kappa shape index (κ2) is 11.6. The fourth-order valence-corrected chi connectivity index (χ4v) is 2.16. The van der Waals surface area contributed by atoms with Gasteiger partial charge in [-0.2, -0.15) is 11.1 Å². The minimum absolute atomic E-state index is 0. The molecule has 0 saturated carbocycles. The minimum atomic E-state index is 0. The van der Waals surface area contributed by atoms with Gasteiger partial charge in [-0.05, 0) is 10.8 Å². The first-order valence-corrected chi connectivity index (χ1v) is 11.0. The monoisotopic (exact) mass is 419 g/mol. The molecule has 0 amide bonds. The summed E-state index contributed by atoms with van der Waals surface area (Å²) in [6.45, 7) is 22.1. The molecule has 0 N–H and O–H groups in total. The van der Waals surface area contributed by atoms with Crippen LogP contribution in [0.4, 0.5) is 0 Å². The summed E-state index contributed by atoms with van der Waals surface area (Å²) in [6.07, 6.45) is 13.2. The average Bonchev–Trinajstić information content (AvgIpc) is 2.98. The van der Waals surface area contributed by atoms with Crippen molar-refractivity contribution in [3.05, 3.63) is 46.6 Å². The maximum atomic E-state index is 3.30. The predicted molar refractivity (Wildman–Crippen MR) is 108 cm³/mol. The molecular formula is C22H37SiZr. The number of rotatable bonds is 0. The van der Waals surface area contributed by atoms with Crippen LogP contribution in [0.1, 0.15) is 68.2 Å². The first-order chi connectivity index (χ1) is 10.4. The Morgan fingerprint density at radius 1 is 0.750 bits per heavy atom. The second-order valence-corrected chi connectivity index (χ2v) is 9.64. The van der Waals surface area contributed by atoms with Crippen LogP contribution in [0.15, 0.2) is 34.4 Å². The van der Waals surface area contributed by atoms with Gasteiger partial charge in [0, 0.05) is 9.52 Å². The molecule has 0 aromatic heterocycles. The van der Waals surface area contributed by atoms with Gasteiger partial charge in [0.05, 0.1) is 0 Å². The second-order valence-electron chi connectivity index (χ2n) is 8.49. The maximum Gasteiger partial charge on any atom is 2.00 e. The molecule has 1 radical (unpaired) electrons. The van der Waals surface area contributed by atoms with Gasteiger partial charge in [0.25, 0.3) is 0 Å². The van der Waals surface area contributed by atoms with E-state index in [2.05, 4.69) is 92.8 Å². The molecule has 2 aliphatic rings. The van der Waals surface area contributed by atoms with E-state index in [1.807, 2.05) is 0 Å². The zero-order valence-electron chi connectivity index (χ0n) is 17.6. The normalized spacial score (nSPS) is 16.4. The van der Waals surface area contributed by atoms with E-state index in [4.69, 9.17) is 0 Å². The topological polar surface area (TPSA) is 0 Å². The van der Waals surface area contributed by atoms with Gasteiger partial charge in [-0.1, -0.05) is 68.5 Å². The Hall–Kier alpha value is 0.0600. The Morgan fingerprint density at radius 2 is 1.00 bits per heavy atom. The van der Waals surface area contributed by atoms with E-state index >= 15 is 0 Å². The Labute approximate surface area is 173 Å². The van der Waals surface area contributed by atoms with Crippen LogP contribution in [0.3, 0.4) is 0 Å². The SMILES string of the molecule is CC1=[C-]CC(C(C)(C)C)=C1.CC1=[C-]CC(C(C)(C)C)=C1.C[SiH]C.[Zr+2]. The van der Waals surface area contributed by atoms with E-state index in [0.717, 1.165) is 22.4 Å². The summed E-state index contributed by atoms with van der Waals surface area (Å²) < 4.78 is 0. The van der Waals surface area contributed by atoms with Gasteiger partial charge < -0.3 is 0 Å². The quantitative estimate of drug-likeness (QED) is 0.300. The van der Waals surface area contributed by atoms with Gasteiger partial charge >= 0.3 is 26.2 Å². The standard InChI is InChI=1S/2C10H15.C2H7Si.Zr/c2*1-8-5-6-9(7-8)10(2,3)4;1-3-2;/h2*7H,6H2,1-4H3;3H,1-2H3;/q2*-1;;+2. The third-order valence-corrected chi connectivity index (χ3v) is 3.82. The summed E-state index contributed by atoms with van der Waals surface area (Å²) in [5.41, 5.74) is 6.28. The number of allylic oxidation sites excluding steroid dienone is 8. The molecule has 2 heteroatoms. The molecule has 24 heavy (non-hydrogen) atoms. The first-order valence-electron chi connectivity index (χ1n) is 8.72. The molecule has 2 aliphatic carbocycles. The van der Waals surface area contributed by atoms with Crippen LogP contribution in [-0.2, 0) is 26.2 Å². The van der Waals surface area contributed by atoms with Crippen LogP contribution in [-0.4, -0.2) is 9.52 Å². The smallest absolute Gasteiger partial charge is 0.269 e. The average molecular weight is 421 g/mol. The van der Waals surface area contributed by atoms with Gasteiger partial charge in [-0.25, -0.2) is 23.3 Å². The van der Waals surface area contributed by atoms with Crippen LogP contribution in [0.5, 0.6) is 0 Å². The summed E-state index contributed by atoms with van der Waals surface area (Å²) in [4.78, 5) is 0. The van der Waals surface area contributed by atoms with E-state index in [0.29, 0.717) is 10.8 Å². The molecule has 0 saturated heterocycles. The van der Waals surface area contributed by atoms with Crippen LogP contribution in [0.25, 0.3) is 0 Å². The molecule has 2 rings (SSSR count). The summed E-state index contributed by atoms with van der Waals surface area (Å²) in [6, 6.07) is 0. The molecule has 0 atom stereocenters. The van der Waals surface area contributed by atoms with Gasteiger partial charge in [0.1, 0.15) is 0 Å². The summed E-state index contributed by atoms with van der Waals surface area (Å²) >= 11 is 0. The Balaban J connectivity index is 0. The van der Waals surface area contributed by atoms with Crippen molar-refractivity contribution >= 4 is 9.52 Å². The molecule has 0 nitrogen and oxygen atoms in total. The predicted octanol–water partition coefficient (Wildman–Crippen LogP) is 6.74. The van der Waals surface area contributed by atoms with Gasteiger partial charge in [-0.3, -0.25) is 12.2 Å². The third kappa shape index (κ3) is 10.8. The van der Waals surface area contributed by atoms with Crippen LogP contribution in [0, 0.1) is 23.0 Å². The number of hydrogen-bond donors (Lipinski definition) is 0. The van der Waals surface area contributed by atoms with Crippen molar-refractivity contribution in [2.45, 2.75) is 81.3 Å². The van der Waals surface area contributed by atoms with E-state index in [1.54, 1.807) is 0 Å². The van der Waals surface area contributed by atoms with Crippen LogP contribution < -0.4 is 0 Å². The maximum absolute atomic E-state index is 3.30. The molecule has 0 unspecified atom stereocenters. The van der Waals surface area contributed by atoms with Crippen molar-refractivity contribution in [3.63, 3.8) is 0 Å². The van der Waals surface area contributed by atoms with E-state index in [9.17, 15) is 0 Å². The Morgan fingerprint density at radius 3 is 1.08 bits per heavy atom. The molecule has 0 aliphatic heterocycles. The van der Waals surface area contributed by atoms with E-state index in [-0.39, 0.29) is 26.2 Å². The summed E-state index contributed by atoms with van der Waals surface area (Å²) in [7, 11) is 0.750. The zero-order valence-corrected chi connectivity index (χ0v) is 21.3. The molecule has 0 aromatic rings. The Bertz CT molecular complexity index is 445. The van der Waals surface area contributed by atoms with Crippen molar-refractivity contribution in [2.75, 3.05) is 0 Å². The van der Waals surface area contributed by atoms with Crippen molar-refractivity contribution in [3.8, 4) is 0 Å². The number of hydrogen-bond acceptors (Lipinski definition) is 0. The molecule has 0 bridgehead atoms. The zero-order chi connectivity index (χ0) is 18.3. The van der Waals surface area contributed by atoms with Gasteiger partial charge in [0.2, 0.25) is 0 Å². The molecule has 0 aromatic carbocycles. The largest absolute Gasteiger partial charge is 2.00 e. The first kappa shape index (κ1) is 26.3. The Kier molecular flexibility index (Phi) is 12.7. The summed E-state index contributed by atoms with van der Waals surface area (Å²) in [5, 5.41) is 0. The molecule has 133 valence electrons. The van der Waals surface area contributed by atoms with Gasteiger partial charge in [-0.15, -0.1) is 12.8 Å². The van der Waals surface area contributed by atoms with Gasteiger partial charge in [0.15, 0.2) is 0 Å².